The van der Waals surface area contributed by atoms with E-state index in [9.17, 15) is 26.4 Å². The number of pyridine rings is 1. The zero-order chi connectivity index (χ0) is 24.1. The third kappa shape index (κ3) is 3.85. The Bertz CT molecular complexity index is 1530. The zero-order valence-corrected chi connectivity index (χ0v) is 18.0. The number of nitrogens with one attached hydrogen (secondary N) is 1. The monoisotopic (exact) mass is 488 g/mol. The number of nitrogens with zero attached hydrogens (tertiary/aromatic N) is 3. The topological polar surface area (TPSA) is 109 Å². The number of rotatable bonds is 4. The lowest BCUT2D eigenvalue weighted by Crippen LogP contribution is -2.29. The molecular weight excluding hydrogens is 473 g/mol. The highest BCUT2D eigenvalue weighted by atomic mass is 32.2. The normalized spacial score (nSPS) is 13.8. The number of hydrogen-bond donors (Lipinski definition) is 1. The molecule has 1 N–H and O–H groups in total. The first-order chi connectivity index (χ1) is 16.1. The van der Waals surface area contributed by atoms with Crippen molar-refractivity contribution < 1.29 is 26.1 Å². The summed E-state index contributed by atoms with van der Waals surface area (Å²) in [6.07, 6.45) is -2.79. The van der Waals surface area contributed by atoms with Crippen LogP contribution in [0.5, 0.6) is 0 Å². The molecule has 0 bridgehead atoms. The highest BCUT2D eigenvalue weighted by Gasteiger charge is 2.32. The average molecular weight is 488 g/mol. The second-order valence-electron chi connectivity index (χ2n) is 7.57. The number of alkyl halides is 3. The van der Waals surface area contributed by atoms with Crippen LogP contribution in [0.25, 0.3) is 22.6 Å². The van der Waals surface area contributed by atoms with E-state index in [2.05, 4.69) is 19.6 Å². The van der Waals surface area contributed by atoms with E-state index in [1.54, 1.807) is 18.2 Å². The van der Waals surface area contributed by atoms with Crippen LogP contribution in [0.1, 0.15) is 11.1 Å². The summed E-state index contributed by atoms with van der Waals surface area (Å²) in [4.78, 5) is 17.4. The van der Waals surface area contributed by atoms with Gasteiger partial charge in [-0.25, -0.2) is 13.2 Å². The largest absolute Gasteiger partial charge is 0.439 e. The van der Waals surface area contributed by atoms with Crippen molar-refractivity contribution in [2.75, 3.05) is 10.8 Å². The predicted octanol–water partition coefficient (Wildman–Crippen LogP) is 3.86. The van der Waals surface area contributed by atoms with Gasteiger partial charge in [0, 0.05) is 12.7 Å². The van der Waals surface area contributed by atoms with Crippen LogP contribution in [0.15, 0.2) is 75.0 Å². The van der Waals surface area contributed by atoms with Gasteiger partial charge >= 0.3 is 11.9 Å². The Balaban J connectivity index is 1.41. The maximum Gasteiger partial charge on any atom is 0.439 e. The van der Waals surface area contributed by atoms with Gasteiger partial charge in [-0.3, -0.25) is 18.8 Å². The smallest absolute Gasteiger partial charge is 0.296 e. The number of H-pyrrole nitrogens is 1. The molecule has 34 heavy (non-hydrogen) atoms. The number of sulfonamides is 1. The molecule has 1 aliphatic rings. The summed E-state index contributed by atoms with van der Waals surface area (Å²) in [5.41, 5.74) is 2.07. The number of hydrogen-bond acceptors (Lipinski definition) is 6. The highest BCUT2D eigenvalue weighted by Crippen LogP contribution is 2.37. The summed E-state index contributed by atoms with van der Waals surface area (Å²) < 4.78 is 70.6. The Kier molecular flexibility index (Phi) is 5.04. The first kappa shape index (κ1) is 21.9. The number of aromatic amines is 1. The van der Waals surface area contributed by atoms with Crippen LogP contribution in [-0.4, -0.2) is 30.1 Å². The third-order valence-corrected chi connectivity index (χ3v) is 7.28. The summed E-state index contributed by atoms with van der Waals surface area (Å²) >= 11 is 0. The Labute approximate surface area is 190 Å². The molecule has 0 atom stereocenters. The van der Waals surface area contributed by atoms with Gasteiger partial charge in [0.2, 0.25) is 5.82 Å². The predicted molar refractivity (Wildman–Crippen MR) is 115 cm³/mol. The van der Waals surface area contributed by atoms with Crippen molar-refractivity contribution in [2.45, 2.75) is 17.5 Å². The number of aromatic nitrogens is 3. The van der Waals surface area contributed by atoms with E-state index < -0.39 is 27.5 Å². The average Bonchev–Trinajstić information content (AvgIpc) is 3.45. The van der Waals surface area contributed by atoms with Gasteiger partial charge in [0.25, 0.3) is 10.0 Å². The fraction of sp³-hybridized carbons (Fsp3) is 0.136. The minimum absolute atomic E-state index is 0.0400. The van der Waals surface area contributed by atoms with Gasteiger partial charge in [-0.2, -0.15) is 13.2 Å². The lowest BCUT2D eigenvalue weighted by molar-refractivity contribution is -0.137. The second kappa shape index (κ2) is 7.83. The molecule has 3 heterocycles. The van der Waals surface area contributed by atoms with Crippen LogP contribution >= 0.6 is 0 Å². The summed E-state index contributed by atoms with van der Waals surface area (Å²) in [6, 6.07) is 12.7. The fourth-order valence-electron chi connectivity index (χ4n) is 3.79. The molecule has 5 rings (SSSR count). The van der Waals surface area contributed by atoms with E-state index >= 15 is 0 Å². The molecule has 2 aromatic heterocycles. The summed E-state index contributed by atoms with van der Waals surface area (Å²) in [5, 5.41) is 3.51. The lowest BCUT2D eigenvalue weighted by atomic mass is 10.0. The first-order valence-electron chi connectivity index (χ1n) is 9.99. The van der Waals surface area contributed by atoms with Crippen LogP contribution in [0.2, 0.25) is 0 Å². The third-order valence-electron chi connectivity index (χ3n) is 5.49. The number of benzene rings is 2. The summed E-state index contributed by atoms with van der Waals surface area (Å²) in [6.45, 7) is 0.215. The molecule has 1 aliphatic heterocycles. The Morgan fingerprint density at radius 1 is 1.00 bits per heavy atom. The molecule has 174 valence electrons. The Hall–Kier alpha value is -3.93. The first-order valence-corrected chi connectivity index (χ1v) is 11.4. The molecule has 0 unspecified atom stereocenters. The lowest BCUT2D eigenvalue weighted by Gasteiger charge is -2.19. The van der Waals surface area contributed by atoms with Crippen LogP contribution in [0.3, 0.4) is 0 Å². The number of fused-ring (bicyclic) bond motifs is 1. The maximum absolute atomic E-state index is 13.2. The van der Waals surface area contributed by atoms with Crippen LogP contribution in [0.4, 0.5) is 18.9 Å². The molecule has 2 aromatic carbocycles. The molecule has 0 radical (unpaired) electrons. The van der Waals surface area contributed by atoms with Crippen LogP contribution in [-0.2, 0) is 22.6 Å². The van der Waals surface area contributed by atoms with E-state index in [4.69, 9.17) is 0 Å². The Morgan fingerprint density at radius 3 is 2.35 bits per heavy atom. The molecule has 0 aliphatic carbocycles. The molecule has 0 fully saturated rings. The molecule has 12 heteroatoms. The van der Waals surface area contributed by atoms with E-state index in [1.165, 1.54) is 34.8 Å². The van der Waals surface area contributed by atoms with E-state index in [1.807, 2.05) is 0 Å². The van der Waals surface area contributed by atoms with Crippen molar-refractivity contribution in [3.05, 3.63) is 82.5 Å². The van der Waals surface area contributed by atoms with Gasteiger partial charge in [-0.1, -0.05) is 23.4 Å². The minimum Gasteiger partial charge on any atom is -0.296 e. The Morgan fingerprint density at radius 2 is 1.74 bits per heavy atom. The van der Waals surface area contributed by atoms with Crippen molar-refractivity contribution in [3.8, 4) is 22.6 Å². The van der Waals surface area contributed by atoms with E-state index in [0.29, 0.717) is 23.2 Å². The zero-order valence-electron chi connectivity index (χ0n) is 17.2. The van der Waals surface area contributed by atoms with Crippen molar-refractivity contribution in [1.29, 1.82) is 0 Å². The highest BCUT2D eigenvalue weighted by molar-refractivity contribution is 7.92. The van der Waals surface area contributed by atoms with Crippen molar-refractivity contribution in [3.63, 3.8) is 0 Å². The summed E-state index contributed by atoms with van der Waals surface area (Å²) in [5.74, 6) is -0.672. The van der Waals surface area contributed by atoms with E-state index in [-0.39, 0.29) is 23.0 Å². The molecule has 0 saturated carbocycles. The van der Waals surface area contributed by atoms with Gasteiger partial charge in [0.1, 0.15) is 10.6 Å². The molecule has 0 saturated heterocycles. The molecule has 8 nitrogen and oxygen atoms in total. The number of anilines is 1. The van der Waals surface area contributed by atoms with Gasteiger partial charge in [-0.05, 0) is 59.5 Å². The SMILES string of the molecule is O=c1[nH]c(-c2ccc(S(=O)(=O)N3CCc4cc(-c5ccc(C(F)(F)F)cc5)ccc43)cn2)no1. The van der Waals surface area contributed by atoms with Crippen LogP contribution in [0, 0.1) is 0 Å². The molecule has 4 aromatic rings. The second-order valence-corrected chi connectivity index (χ2v) is 9.43. The van der Waals surface area contributed by atoms with Crippen LogP contribution < -0.4 is 10.1 Å². The van der Waals surface area contributed by atoms with Crippen molar-refractivity contribution in [1.82, 2.24) is 15.1 Å². The molecular formula is C22H15F3N4O4S. The van der Waals surface area contributed by atoms with Crippen molar-refractivity contribution in [2.24, 2.45) is 0 Å². The van der Waals surface area contributed by atoms with Gasteiger partial charge in [-0.15, -0.1) is 0 Å². The molecule has 0 amide bonds. The van der Waals surface area contributed by atoms with Crippen molar-refractivity contribution >= 4 is 15.7 Å². The molecule has 0 spiro atoms. The maximum atomic E-state index is 13.2. The fourth-order valence-corrected chi connectivity index (χ4v) is 5.24. The minimum atomic E-state index is -4.41. The standard InChI is InChI=1S/C22H15F3N4O4S/c23-22(24,25)16-4-1-13(2-5-16)14-3-8-19-15(11-14)9-10-29(19)34(31,32)17-6-7-18(26-12-17)20-27-21(30)33-28-20/h1-8,11-12H,9-10H2,(H,27,28,30). The quantitative estimate of drug-likeness (QED) is 0.467. The van der Waals surface area contributed by atoms with Gasteiger partial charge in [0.15, 0.2) is 0 Å². The van der Waals surface area contributed by atoms with Gasteiger partial charge in [0.05, 0.1) is 11.3 Å². The van der Waals surface area contributed by atoms with E-state index in [0.717, 1.165) is 17.7 Å². The van der Waals surface area contributed by atoms with Gasteiger partial charge < -0.3 is 0 Å². The number of halogens is 3. The summed E-state index contributed by atoms with van der Waals surface area (Å²) in [7, 11) is -3.92.